The Morgan fingerprint density at radius 1 is 1.03 bits per heavy atom. The quantitative estimate of drug-likeness (QED) is 0.433. The average molecular weight is 451 g/mol. The van der Waals surface area contributed by atoms with Gasteiger partial charge in [0.05, 0.1) is 6.54 Å². The summed E-state index contributed by atoms with van der Waals surface area (Å²) in [5.41, 5.74) is 4.46. The van der Waals surface area contributed by atoms with Gasteiger partial charge in [0, 0.05) is 24.2 Å². The second-order valence-corrected chi connectivity index (χ2v) is 8.90. The number of likely N-dealkylation sites (tertiary alicyclic amines) is 1. The third-order valence-corrected chi connectivity index (χ3v) is 6.47. The highest BCUT2D eigenvalue weighted by atomic mass is 35.5. The van der Waals surface area contributed by atoms with Crippen LogP contribution >= 0.6 is 11.6 Å². The predicted molar refractivity (Wildman–Crippen MR) is 128 cm³/mol. The van der Waals surface area contributed by atoms with Gasteiger partial charge in [0.1, 0.15) is 5.82 Å². The van der Waals surface area contributed by atoms with Crippen molar-refractivity contribution < 1.29 is 9.18 Å². The van der Waals surface area contributed by atoms with Crippen LogP contribution < -0.4 is 4.90 Å². The molecular weight excluding hydrogens is 423 g/mol. The fourth-order valence-corrected chi connectivity index (χ4v) is 4.71. The lowest BCUT2D eigenvalue weighted by Gasteiger charge is -2.33. The highest BCUT2D eigenvalue weighted by Gasteiger charge is 2.24. The number of carbonyl (C=O) groups is 1. The highest BCUT2D eigenvalue weighted by molar-refractivity contribution is 6.30. The third-order valence-electron chi connectivity index (χ3n) is 6.23. The summed E-state index contributed by atoms with van der Waals surface area (Å²) in [7, 11) is 0. The topological polar surface area (TPSA) is 23.6 Å². The first-order valence-corrected chi connectivity index (χ1v) is 11.5. The first-order chi connectivity index (χ1) is 15.5. The lowest BCUT2D eigenvalue weighted by atomic mass is 9.86. The van der Waals surface area contributed by atoms with Crippen LogP contribution in [0.5, 0.6) is 0 Å². The van der Waals surface area contributed by atoms with Crippen molar-refractivity contribution in [3.05, 3.63) is 100 Å². The summed E-state index contributed by atoms with van der Waals surface area (Å²) in [4.78, 5) is 16.7. The Kier molecular flexibility index (Phi) is 7.23. The van der Waals surface area contributed by atoms with Gasteiger partial charge in [-0.1, -0.05) is 54.1 Å². The highest BCUT2D eigenvalue weighted by Crippen LogP contribution is 2.32. The number of benzene rings is 3. The SMILES string of the molecule is CC(=O)N(Cc1ccccc1C1CCN(Cc2ccc(F)cc2)CC1)c1cccc(Cl)c1. The van der Waals surface area contributed by atoms with Gasteiger partial charge >= 0.3 is 0 Å². The third kappa shape index (κ3) is 5.56. The Hall–Kier alpha value is -2.69. The van der Waals surface area contributed by atoms with Crippen molar-refractivity contribution in [3.63, 3.8) is 0 Å². The van der Waals surface area contributed by atoms with Crippen LogP contribution in [-0.4, -0.2) is 23.9 Å². The summed E-state index contributed by atoms with van der Waals surface area (Å²) in [6.45, 7) is 4.98. The van der Waals surface area contributed by atoms with E-state index in [2.05, 4.69) is 23.1 Å². The largest absolute Gasteiger partial charge is 0.308 e. The summed E-state index contributed by atoms with van der Waals surface area (Å²) in [6, 6.07) is 22.7. The minimum absolute atomic E-state index is 0.00353. The molecule has 3 aromatic carbocycles. The second kappa shape index (κ2) is 10.3. The van der Waals surface area contributed by atoms with Crippen molar-refractivity contribution in [1.82, 2.24) is 4.90 Å². The van der Waals surface area contributed by atoms with E-state index < -0.39 is 0 Å². The molecule has 0 atom stereocenters. The molecule has 166 valence electrons. The van der Waals surface area contributed by atoms with Crippen LogP contribution in [0.2, 0.25) is 5.02 Å². The minimum atomic E-state index is -0.193. The van der Waals surface area contributed by atoms with Gasteiger partial charge in [0.15, 0.2) is 0 Å². The van der Waals surface area contributed by atoms with Crippen LogP contribution in [0.15, 0.2) is 72.8 Å². The number of carbonyl (C=O) groups excluding carboxylic acids is 1. The Morgan fingerprint density at radius 2 is 1.75 bits per heavy atom. The zero-order valence-electron chi connectivity index (χ0n) is 18.3. The summed E-state index contributed by atoms with van der Waals surface area (Å²) in [6.07, 6.45) is 2.13. The van der Waals surface area contributed by atoms with Crippen molar-refractivity contribution in [2.24, 2.45) is 0 Å². The van der Waals surface area contributed by atoms with E-state index in [1.54, 1.807) is 11.8 Å². The van der Waals surface area contributed by atoms with Crippen LogP contribution in [0.25, 0.3) is 0 Å². The molecule has 0 aromatic heterocycles. The standard InChI is InChI=1S/C27H28ClFN2O/c1-20(32)31(26-7-4-6-24(28)17-26)19-23-5-2-3-8-27(23)22-13-15-30(16-14-22)18-21-9-11-25(29)12-10-21/h2-12,17,22H,13-16,18-19H2,1H3. The van der Waals surface area contributed by atoms with Gasteiger partial charge in [0.2, 0.25) is 5.91 Å². The molecule has 32 heavy (non-hydrogen) atoms. The first kappa shape index (κ1) is 22.5. The lowest BCUT2D eigenvalue weighted by Crippen LogP contribution is -2.33. The molecule has 0 bridgehead atoms. The number of hydrogen-bond donors (Lipinski definition) is 0. The van der Waals surface area contributed by atoms with Crippen LogP contribution in [0.1, 0.15) is 42.4 Å². The summed E-state index contributed by atoms with van der Waals surface area (Å²) >= 11 is 6.17. The number of nitrogens with zero attached hydrogens (tertiary/aromatic N) is 2. The Morgan fingerprint density at radius 3 is 2.44 bits per heavy atom. The fourth-order valence-electron chi connectivity index (χ4n) is 4.53. The number of anilines is 1. The molecule has 1 amide bonds. The van der Waals surface area contributed by atoms with Crippen molar-refractivity contribution in [2.75, 3.05) is 18.0 Å². The van der Waals surface area contributed by atoms with Gasteiger partial charge in [-0.2, -0.15) is 0 Å². The molecule has 0 unspecified atom stereocenters. The van der Waals surface area contributed by atoms with E-state index in [0.29, 0.717) is 17.5 Å². The Balaban J connectivity index is 1.45. The zero-order valence-corrected chi connectivity index (χ0v) is 19.1. The second-order valence-electron chi connectivity index (χ2n) is 8.46. The molecule has 1 saturated heterocycles. The molecule has 0 saturated carbocycles. The molecular formula is C27H28ClFN2O. The maximum Gasteiger partial charge on any atom is 0.224 e. The van der Waals surface area contributed by atoms with Crippen LogP contribution in [-0.2, 0) is 17.9 Å². The molecule has 3 aromatic rings. The number of halogens is 2. The lowest BCUT2D eigenvalue weighted by molar-refractivity contribution is -0.116. The van der Waals surface area contributed by atoms with Gasteiger partial charge in [-0.15, -0.1) is 0 Å². The smallest absolute Gasteiger partial charge is 0.224 e. The molecule has 0 spiro atoms. The molecule has 3 nitrogen and oxygen atoms in total. The molecule has 1 heterocycles. The normalized spacial score (nSPS) is 15.0. The maximum atomic E-state index is 13.2. The monoisotopic (exact) mass is 450 g/mol. The predicted octanol–water partition coefficient (Wildman–Crippen LogP) is 6.41. The maximum absolute atomic E-state index is 13.2. The van der Waals surface area contributed by atoms with E-state index in [1.165, 1.54) is 23.3 Å². The zero-order chi connectivity index (χ0) is 22.5. The summed E-state index contributed by atoms with van der Waals surface area (Å²) in [5.74, 6) is 0.265. The average Bonchev–Trinajstić information content (AvgIpc) is 2.79. The molecule has 1 aliphatic rings. The Labute approximate surface area is 194 Å². The molecule has 5 heteroatoms. The fraction of sp³-hybridized carbons (Fsp3) is 0.296. The van der Waals surface area contributed by atoms with E-state index in [1.807, 2.05) is 42.5 Å². The van der Waals surface area contributed by atoms with Gasteiger partial charge in [-0.05, 0) is 78.9 Å². The van der Waals surface area contributed by atoms with E-state index >= 15 is 0 Å². The molecule has 0 radical (unpaired) electrons. The molecule has 4 rings (SSSR count). The number of amides is 1. The van der Waals surface area contributed by atoms with Crippen molar-refractivity contribution in [1.29, 1.82) is 0 Å². The van der Waals surface area contributed by atoms with Crippen LogP contribution in [0.4, 0.5) is 10.1 Å². The Bertz CT molecular complexity index is 1060. The number of rotatable bonds is 6. The van der Waals surface area contributed by atoms with Gasteiger partial charge in [0.25, 0.3) is 0 Å². The minimum Gasteiger partial charge on any atom is -0.308 e. The van der Waals surface area contributed by atoms with Gasteiger partial charge in [-0.3, -0.25) is 9.69 Å². The summed E-state index contributed by atoms with van der Waals surface area (Å²) in [5, 5.41) is 0.621. The van der Waals surface area contributed by atoms with E-state index in [0.717, 1.165) is 43.7 Å². The van der Waals surface area contributed by atoms with E-state index in [4.69, 9.17) is 11.6 Å². The van der Waals surface area contributed by atoms with E-state index in [9.17, 15) is 9.18 Å². The number of piperidine rings is 1. The molecule has 1 fully saturated rings. The van der Waals surface area contributed by atoms with Gasteiger partial charge < -0.3 is 4.90 Å². The van der Waals surface area contributed by atoms with Gasteiger partial charge in [-0.25, -0.2) is 4.39 Å². The summed E-state index contributed by atoms with van der Waals surface area (Å²) < 4.78 is 13.2. The van der Waals surface area contributed by atoms with Crippen molar-refractivity contribution >= 4 is 23.2 Å². The first-order valence-electron chi connectivity index (χ1n) is 11.1. The van der Waals surface area contributed by atoms with Crippen LogP contribution in [0, 0.1) is 5.82 Å². The van der Waals surface area contributed by atoms with Crippen LogP contribution in [0.3, 0.4) is 0 Å². The van der Waals surface area contributed by atoms with Crippen molar-refractivity contribution in [3.8, 4) is 0 Å². The van der Waals surface area contributed by atoms with Crippen molar-refractivity contribution in [2.45, 2.75) is 38.8 Å². The molecule has 1 aliphatic heterocycles. The number of hydrogen-bond acceptors (Lipinski definition) is 2. The molecule has 0 aliphatic carbocycles. The van der Waals surface area contributed by atoms with E-state index in [-0.39, 0.29) is 11.7 Å². The molecule has 0 N–H and O–H groups in total.